The topological polar surface area (TPSA) is 0 Å². The van der Waals surface area contributed by atoms with Crippen LogP contribution in [0.3, 0.4) is 0 Å². The van der Waals surface area contributed by atoms with E-state index in [1.165, 1.54) is 73.0 Å². The molecule has 2 heterocycles. The van der Waals surface area contributed by atoms with Gasteiger partial charge in [-0.05, 0) is 60.3 Å². The minimum Gasteiger partial charge on any atom is -0.0539 e. The summed E-state index contributed by atoms with van der Waals surface area (Å²) in [5, 5.41) is 0. The Balaban J connectivity index is 1.51. The van der Waals surface area contributed by atoms with Crippen LogP contribution in [0.15, 0.2) is 24.3 Å². The van der Waals surface area contributed by atoms with Crippen LogP contribution in [0.4, 0.5) is 0 Å². The van der Waals surface area contributed by atoms with Gasteiger partial charge in [0.1, 0.15) is 34.5 Å². The van der Waals surface area contributed by atoms with Crippen LogP contribution in [0.2, 0.25) is 0 Å². The van der Waals surface area contributed by atoms with Gasteiger partial charge < -0.3 is 0 Å². The Morgan fingerprint density at radius 1 is 0.550 bits per heavy atom. The Hall–Kier alpha value is -0.0800. The van der Waals surface area contributed by atoms with Crippen molar-refractivity contribution in [1.29, 1.82) is 0 Å². The maximum atomic E-state index is 2.42. The molecule has 2 saturated heterocycles. The number of rotatable bonds is 4. The van der Waals surface area contributed by atoms with Crippen LogP contribution in [0, 0.1) is 0 Å². The molecule has 0 amide bonds. The summed E-state index contributed by atoms with van der Waals surface area (Å²) in [5.41, 5.74) is 3.18. The van der Waals surface area contributed by atoms with E-state index in [0.717, 1.165) is 0 Å². The Morgan fingerprint density at radius 2 is 0.900 bits per heavy atom. The molecule has 0 atom stereocenters. The van der Waals surface area contributed by atoms with E-state index < -0.39 is 0 Å². The Kier molecular flexibility index (Phi) is 5.78. The lowest BCUT2D eigenvalue weighted by molar-refractivity contribution is 0.755. The molecule has 2 heteroatoms. The van der Waals surface area contributed by atoms with Gasteiger partial charge in [-0.1, -0.05) is 24.3 Å². The second-order valence-corrected chi connectivity index (χ2v) is 10.9. The molecule has 0 nitrogen and oxygen atoms in total. The smallest absolute Gasteiger partial charge is 0.0539 e. The summed E-state index contributed by atoms with van der Waals surface area (Å²) in [6.45, 7) is 0. The van der Waals surface area contributed by atoms with Gasteiger partial charge >= 0.3 is 0 Å². The average molecular weight is 309 g/mol. The normalized spacial score (nSPS) is 22.0. The largest absolute Gasteiger partial charge is 0.133 e. The van der Waals surface area contributed by atoms with E-state index in [9.17, 15) is 0 Å². The van der Waals surface area contributed by atoms with E-state index in [0.29, 0.717) is 21.8 Å². The second kappa shape index (κ2) is 7.79. The van der Waals surface area contributed by atoms with Crippen molar-refractivity contribution in [2.75, 3.05) is 23.0 Å². The molecule has 3 rings (SSSR count). The fourth-order valence-corrected chi connectivity index (χ4v) is 8.04. The third-order valence-corrected chi connectivity index (χ3v) is 9.44. The first-order valence-electron chi connectivity index (χ1n) is 8.26. The summed E-state index contributed by atoms with van der Waals surface area (Å²) in [4.78, 5) is 0. The van der Waals surface area contributed by atoms with Crippen LogP contribution < -0.4 is 0 Å². The van der Waals surface area contributed by atoms with Gasteiger partial charge in [-0.2, -0.15) is 0 Å². The predicted molar refractivity (Wildman–Crippen MR) is 95.8 cm³/mol. The predicted octanol–water partition coefficient (Wildman–Crippen LogP) is 4.29. The average Bonchev–Trinajstić information content (AvgIpc) is 2.51. The summed E-state index contributed by atoms with van der Waals surface area (Å²) in [7, 11) is 1.39. The SMILES string of the molecule is c1cc(C[S+]2CCCCC2)ccc1C[S+]1CCCCC1. The summed E-state index contributed by atoms with van der Waals surface area (Å²) in [5.74, 6) is 8.67. The molecule has 2 aliphatic heterocycles. The van der Waals surface area contributed by atoms with E-state index in [2.05, 4.69) is 24.3 Å². The van der Waals surface area contributed by atoms with Gasteiger partial charge in [0.2, 0.25) is 0 Å². The minimum atomic E-state index is 0.693. The van der Waals surface area contributed by atoms with Gasteiger partial charge in [0.05, 0.1) is 0 Å². The van der Waals surface area contributed by atoms with Crippen molar-refractivity contribution in [2.45, 2.75) is 50.0 Å². The maximum Gasteiger partial charge on any atom is 0.133 e. The molecule has 0 N–H and O–H groups in total. The van der Waals surface area contributed by atoms with E-state index in [1.807, 2.05) is 0 Å². The maximum absolute atomic E-state index is 2.42. The van der Waals surface area contributed by atoms with Crippen molar-refractivity contribution in [3.63, 3.8) is 0 Å². The van der Waals surface area contributed by atoms with Gasteiger partial charge in [0.15, 0.2) is 0 Å². The number of hydrogen-bond donors (Lipinski definition) is 0. The molecule has 110 valence electrons. The number of hydrogen-bond acceptors (Lipinski definition) is 0. The molecule has 0 radical (unpaired) electrons. The first-order valence-corrected chi connectivity index (χ1v) is 11.7. The standard InChI is InChI=1S/C18H28S2/c1-3-11-19(12-4-1)15-17-7-9-18(10-8-17)16-20-13-5-2-6-14-20/h7-10H,1-6,11-16H2/q+2. The zero-order chi connectivity index (χ0) is 13.6. The van der Waals surface area contributed by atoms with Gasteiger partial charge in [0.25, 0.3) is 0 Å². The quantitative estimate of drug-likeness (QED) is 0.728. The lowest BCUT2D eigenvalue weighted by atomic mass is 10.2. The van der Waals surface area contributed by atoms with Gasteiger partial charge in [-0.3, -0.25) is 0 Å². The lowest BCUT2D eigenvalue weighted by Gasteiger charge is -2.15. The molecular weight excluding hydrogens is 280 g/mol. The summed E-state index contributed by atoms with van der Waals surface area (Å²) >= 11 is 0. The molecule has 0 aromatic heterocycles. The zero-order valence-electron chi connectivity index (χ0n) is 12.6. The molecule has 1 aromatic rings. The highest BCUT2D eigenvalue weighted by molar-refractivity contribution is 7.96. The molecule has 0 aliphatic carbocycles. The molecule has 0 spiro atoms. The summed E-state index contributed by atoms with van der Waals surface area (Å²) in [6.07, 6.45) is 8.86. The van der Waals surface area contributed by atoms with Crippen LogP contribution in [0.1, 0.15) is 49.7 Å². The highest BCUT2D eigenvalue weighted by Gasteiger charge is 2.23. The first kappa shape index (κ1) is 14.8. The highest BCUT2D eigenvalue weighted by Crippen LogP contribution is 2.21. The molecule has 2 aliphatic rings. The first-order chi connectivity index (χ1) is 9.90. The van der Waals surface area contributed by atoms with Crippen molar-refractivity contribution in [2.24, 2.45) is 0 Å². The second-order valence-electron chi connectivity index (χ2n) is 6.27. The van der Waals surface area contributed by atoms with E-state index >= 15 is 0 Å². The Bertz CT molecular complexity index is 347. The molecule has 1 aromatic carbocycles. The van der Waals surface area contributed by atoms with Crippen LogP contribution in [0.5, 0.6) is 0 Å². The monoisotopic (exact) mass is 308 g/mol. The number of benzene rings is 1. The summed E-state index contributed by atoms with van der Waals surface area (Å²) in [6, 6.07) is 9.68. The third kappa shape index (κ3) is 4.46. The van der Waals surface area contributed by atoms with Crippen LogP contribution in [-0.2, 0) is 33.3 Å². The van der Waals surface area contributed by atoms with E-state index in [4.69, 9.17) is 0 Å². The van der Waals surface area contributed by atoms with Gasteiger partial charge in [-0.25, -0.2) is 0 Å². The molecule has 0 bridgehead atoms. The van der Waals surface area contributed by atoms with Crippen molar-refractivity contribution < 1.29 is 0 Å². The summed E-state index contributed by atoms with van der Waals surface area (Å²) < 4.78 is 0. The Labute approximate surface area is 130 Å². The fourth-order valence-electron chi connectivity index (χ4n) is 3.27. The van der Waals surface area contributed by atoms with Gasteiger partial charge in [-0.15, -0.1) is 0 Å². The molecular formula is C18H28S2+2. The van der Waals surface area contributed by atoms with Crippen molar-refractivity contribution in [3.8, 4) is 0 Å². The van der Waals surface area contributed by atoms with Crippen molar-refractivity contribution >= 4 is 21.8 Å². The van der Waals surface area contributed by atoms with Crippen molar-refractivity contribution in [1.82, 2.24) is 0 Å². The van der Waals surface area contributed by atoms with Crippen LogP contribution in [-0.4, -0.2) is 23.0 Å². The fraction of sp³-hybridized carbons (Fsp3) is 0.667. The minimum absolute atomic E-state index is 0.693. The molecule has 0 unspecified atom stereocenters. The van der Waals surface area contributed by atoms with E-state index in [-0.39, 0.29) is 0 Å². The molecule has 0 saturated carbocycles. The van der Waals surface area contributed by atoms with E-state index in [1.54, 1.807) is 11.1 Å². The molecule has 2 fully saturated rings. The third-order valence-electron chi connectivity index (χ3n) is 4.50. The van der Waals surface area contributed by atoms with Crippen LogP contribution in [0.25, 0.3) is 0 Å². The highest BCUT2D eigenvalue weighted by atomic mass is 32.2. The van der Waals surface area contributed by atoms with Crippen LogP contribution >= 0.6 is 0 Å². The lowest BCUT2D eigenvalue weighted by Crippen LogP contribution is -2.20. The Morgan fingerprint density at radius 3 is 1.25 bits per heavy atom. The van der Waals surface area contributed by atoms with Crippen molar-refractivity contribution in [3.05, 3.63) is 35.4 Å². The van der Waals surface area contributed by atoms with Gasteiger partial charge in [0, 0.05) is 11.1 Å². The zero-order valence-corrected chi connectivity index (χ0v) is 14.2. The molecule has 20 heavy (non-hydrogen) atoms.